The van der Waals surface area contributed by atoms with E-state index in [2.05, 4.69) is 0 Å². The molecule has 0 aromatic rings. The van der Waals surface area contributed by atoms with E-state index in [9.17, 15) is 15.0 Å². The Morgan fingerprint density at radius 2 is 1.90 bits per heavy atom. The highest BCUT2D eigenvalue weighted by molar-refractivity contribution is 5.65. The number of aliphatic hydroxyl groups is 2. The first-order chi connectivity index (χ1) is 9.15. The van der Waals surface area contributed by atoms with E-state index < -0.39 is 42.1 Å². The zero-order valence-corrected chi connectivity index (χ0v) is 12.2. The van der Waals surface area contributed by atoms with Crippen molar-refractivity contribution in [1.29, 1.82) is 0 Å². The molecule has 0 aliphatic carbocycles. The molecule has 2 heterocycles. The number of hydrogen-bond donors (Lipinski definition) is 2. The van der Waals surface area contributed by atoms with Gasteiger partial charge in [0, 0.05) is 0 Å². The van der Waals surface area contributed by atoms with Crippen LogP contribution in [0, 0.1) is 0 Å². The summed E-state index contributed by atoms with van der Waals surface area (Å²) in [5, 5.41) is 19.9. The van der Waals surface area contributed by atoms with Gasteiger partial charge in [-0.15, -0.1) is 0 Å². The second-order valence-corrected chi connectivity index (χ2v) is 6.13. The van der Waals surface area contributed by atoms with Crippen molar-refractivity contribution in [1.82, 2.24) is 0 Å². The molecule has 2 fully saturated rings. The van der Waals surface area contributed by atoms with Gasteiger partial charge < -0.3 is 29.2 Å². The lowest BCUT2D eigenvalue weighted by Gasteiger charge is -2.30. The molecule has 2 aliphatic heterocycles. The molecule has 0 radical (unpaired) electrons. The van der Waals surface area contributed by atoms with Crippen LogP contribution in [0.25, 0.3) is 0 Å². The van der Waals surface area contributed by atoms with E-state index in [1.165, 1.54) is 0 Å². The van der Waals surface area contributed by atoms with Crippen molar-refractivity contribution in [2.75, 3.05) is 13.2 Å². The molecule has 0 aromatic carbocycles. The molecular formula is C13H22O7. The summed E-state index contributed by atoms with van der Waals surface area (Å²) in [7, 11) is 0. The first kappa shape index (κ1) is 15.8. The third kappa shape index (κ3) is 2.74. The van der Waals surface area contributed by atoms with Crippen molar-refractivity contribution >= 4 is 6.29 Å². The molecule has 0 saturated carbocycles. The second kappa shape index (κ2) is 5.01. The van der Waals surface area contributed by atoms with Gasteiger partial charge in [0.2, 0.25) is 0 Å². The Morgan fingerprint density at radius 1 is 1.25 bits per heavy atom. The molecule has 2 aliphatic rings. The predicted octanol–water partition coefficient (Wildman–Crippen LogP) is -0.420. The molecule has 20 heavy (non-hydrogen) atoms. The van der Waals surface area contributed by atoms with Crippen LogP contribution in [0.1, 0.15) is 27.7 Å². The zero-order valence-electron chi connectivity index (χ0n) is 12.2. The van der Waals surface area contributed by atoms with E-state index in [1.54, 1.807) is 27.7 Å². The van der Waals surface area contributed by atoms with Crippen LogP contribution in [0.2, 0.25) is 0 Å². The predicted molar refractivity (Wildman–Crippen MR) is 66.8 cm³/mol. The SMILES string of the molecule is CC1(C)OCC(C(O)C2OC(C)(C)OC2(C=O)CO)O1. The molecule has 0 aromatic heterocycles. The fourth-order valence-corrected chi connectivity index (χ4v) is 2.63. The van der Waals surface area contributed by atoms with Crippen LogP contribution in [0.5, 0.6) is 0 Å². The van der Waals surface area contributed by atoms with Gasteiger partial charge in [0.05, 0.1) is 13.2 Å². The first-order valence-electron chi connectivity index (χ1n) is 6.60. The average Bonchev–Trinajstić information content (AvgIpc) is 2.86. The molecule has 7 heteroatoms. The molecule has 2 N–H and O–H groups in total. The van der Waals surface area contributed by atoms with Gasteiger partial charge in [0.1, 0.15) is 18.3 Å². The Hall–Kier alpha value is -0.570. The monoisotopic (exact) mass is 290 g/mol. The molecule has 7 nitrogen and oxygen atoms in total. The Morgan fingerprint density at radius 3 is 2.35 bits per heavy atom. The minimum atomic E-state index is -1.60. The third-order valence-electron chi connectivity index (χ3n) is 3.50. The molecule has 116 valence electrons. The summed E-state index contributed by atoms with van der Waals surface area (Å²) >= 11 is 0. The highest BCUT2D eigenvalue weighted by Crippen LogP contribution is 2.39. The zero-order chi connectivity index (χ0) is 15.2. The van der Waals surface area contributed by atoms with E-state index in [0.717, 1.165) is 0 Å². The highest BCUT2D eigenvalue weighted by atomic mass is 16.8. The number of rotatable bonds is 4. The maximum atomic E-state index is 11.4. The molecule has 4 unspecified atom stereocenters. The summed E-state index contributed by atoms with van der Waals surface area (Å²) in [6.45, 7) is 6.28. The quantitative estimate of drug-likeness (QED) is 0.679. The Kier molecular flexibility index (Phi) is 3.96. The molecule has 0 spiro atoms. The first-order valence-corrected chi connectivity index (χ1v) is 6.60. The second-order valence-electron chi connectivity index (χ2n) is 6.13. The Balaban J connectivity index is 2.19. The lowest BCUT2D eigenvalue weighted by molar-refractivity contribution is -0.180. The van der Waals surface area contributed by atoms with E-state index >= 15 is 0 Å². The lowest BCUT2D eigenvalue weighted by Crippen LogP contribution is -2.55. The largest absolute Gasteiger partial charge is 0.393 e. The van der Waals surface area contributed by atoms with Crippen LogP contribution < -0.4 is 0 Å². The molecule has 4 atom stereocenters. The highest BCUT2D eigenvalue weighted by Gasteiger charge is 2.58. The topological polar surface area (TPSA) is 94.5 Å². The number of aldehydes is 1. The number of ether oxygens (including phenoxy) is 4. The van der Waals surface area contributed by atoms with E-state index in [0.29, 0.717) is 6.29 Å². The average molecular weight is 290 g/mol. The molecule has 2 rings (SSSR count). The van der Waals surface area contributed by atoms with Crippen molar-refractivity contribution in [3.8, 4) is 0 Å². The van der Waals surface area contributed by atoms with Crippen LogP contribution in [0.15, 0.2) is 0 Å². The van der Waals surface area contributed by atoms with Gasteiger partial charge in [0.15, 0.2) is 23.5 Å². The molecular weight excluding hydrogens is 268 g/mol. The number of aliphatic hydroxyl groups excluding tert-OH is 2. The maximum absolute atomic E-state index is 11.4. The number of hydrogen-bond acceptors (Lipinski definition) is 7. The fourth-order valence-electron chi connectivity index (χ4n) is 2.63. The van der Waals surface area contributed by atoms with Crippen LogP contribution in [-0.4, -0.2) is 65.2 Å². The van der Waals surface area contributed by atoms with Crippen LogP contribution >= 0.6 is 0 Å². The van der Waals surface area contributed by atoms with Gasteiger partial charge in [-0.25, -0.2) is 0 Å². The summed E-state index contributed by atoms with van der Waals surface area (Å²) in [5.74, 6) is -1.88. The summed E-state index contributed by atoms with van der Waals surface area (Å²) in [6, 6.07) is 0. The minimum Gasteiger partial charge on any atom is -0.393 e. The molecule has 0 bridgehead atoms. The standard InChI is InChI=1S/C13H22O7/c1-11(2)17-5-8(18-11)9(16)10-13(6-14,7-15)20-12(3,4)19-10/h6,8-10,15-16H,5,7H2,1-4H3. The number of carbonyl (C=O) groups is 1. The normalized spacial score (nSPS) is 40.7. The maximum Gasteiger partial charge on any atom is 0.178 e. The van der Waals surface area contributed by atoms with Gasteiger partial charge >= 0.3 is 0 Å². The third-order valence-corrected chi connectivity index (χ3v) is 3.50. The van der Waals surface area contributed by atoms with Crippen molar-refractivity contribution in [3.63, 3.8) is 0 Å². The van der Waals surface area contributed by atoms with Crippen LogP contribution in [0.4, 0.5) is 0 Å². The van der Waals surface area contributed by atoms with Crippen molar-refractivity contribution in [3.05, 3.63) is 0 Å². The summed E-state index contributed by atoms with van der Waals surface area (Å²) in [4.78, 5) is 11.4. The van der Waals surface area contributed by atoms with Crippen molar-refractivity contribution in [2.45, 2.75) is 63.2 Å². The lowest BCUT2D eigenvalue weighted by atomic mass is 9.92. The van der Waals surface area contributed by atoms with Gasteiger partial charge in [-0.05, 0) is 27.7 Å². The van der Waals surface area contributed by atoms with Crippen molar-refractivity contribution in [2.24, 2.45) is 0 Å². The summed E-state index contributed by atoms with van der Waals surface area (Å²) in [6.07, 6.45) is -2.37. The van der Waals surface area contributed by atoms with E-state index in [1.807, 2.05) is 0 Å². The van der Waals surface area contributed by atoms with Gasteiger partial charge in [-0.3, -0.25) is 4.79 Å². The minimum absolute atomic E-state index is 0.175. The van der Waals surface area contributed by atoms with Gasteiger partial charge in [0.25, 0.3) is 0 Å². The Bertz CT molecular complexity index is 381. The number of carbonyl (C=O) groups excluding carboxylic acids is 1. The van der Waals surface area contributed by atoms with Gasteiger partial charge in [-0.2, -0.15) is 0 Å². The molecule has 0 amide bonds. The van der Waals surface area contributed by atoms with Crippen LogP contribution in [-0.2, 0) is 23.7 Å². The van der Waals surface area contributed by atoms with E-state index in [4.69, 9.17) is 18.9 Å². The summed E-state index contributed by atoms with van der Waals surface area (Å²) in [5.41, 5.74) is -1.60. The van der Waals surface area contributed by atoms with Gasteiger partial charge in [-0.1, -0.05) is 0 Å². The summed E-state index contributed by atoms with van der Waals surface area (Å²) < 4.78 is 22.0. The molecule has 2 saturated heterocycles. The smallest absolute Gasteiger partial charge is 0.178 e. The fraction of sp³-hybridized carbons (Fsp3) is 0.923. The van der Waals surface area contributed by atoms with E-state index in [-0.39, 0.29) is 6.61 Å². The Labute approximate surface area is 117 Å². The van der Waals surface area contributed by atoms with Crippen LogP contribution in [0.3, 0.4) is 0 Å². The van der Waals surface area contributed by atoms with Crippen molar-refractivity contribution < 1.29 is 34.0 Å².